The number of carbonyl (C=O) groups is 1. The normalized spacial score (nSPS) is 18.6. The molecule has 1 aliphatic heterocycles. The molecule has 0 radical (unpaired) electrons. The lowest BCUT2D eigenvalue weighted by Gasteiger charge is -2.15. The molecule has 6 heteroatoms. The Morgan fingerprint density at radius 1 is 1.56 bits per heavy atom. The van der Waals surface area contributed by atoms with Gasteiger partial charge in [0, 0.05) is 19.1 Å². The molecular formula is C12H15BrClFN2O. The van der Waals surface area contributed by atoms with Crippen molar-refractivity contribution in [3.8, 4) is 0 Å². The lowest BCUT2D eigenvalue weighted by Crippen LogP contribution is -2.32. The highest BCUT2D eigenvalue weighted by molar-refractivity contribution is 9.10. The van der Waals surface area contributed by atoms with E-state index in [1.807, 2.05) is 0 Å². The van der Waals surface area contributed by atoms with Crippen molar-refractivity contribution in [1.29, 1.82) is 0 Å². The summed E-state index contributed by atoms with van der Waals surface area (Å²) in [6.45, 7) is 1.32. The van der Waals surface area contributed by atoms with Crippen molar-refractivity contribution in [3.63, 3.8) is 0 Å². The van der Waals surface area contributed by atoms with Gasteiger partial charge >= 0.3 is 0 Å². The smallest absolute Gasteiger partial charge is 0.227 e. The van der Waals surface area contributed by atoms with Crippen molar-refractivity contribution in [3.05, 3.63) is 34.1 Å². The minimum absolute atomic E-state index is 0. The first-order chi connectivity index (χ1) is 8.06. The van der Waals surface area contributed by atoms with Gasteiger partial charge in [-0.2, -0.15) is 0 Å². The molecule has 2 N–H and O–H groups in total. The lowest BCUT2D eigenvalue weighted by atomic mass is 10.1. The summed E-state index contributed by atoms with van der Waals surface area (Å²) in [5.74, 6) is -0.326. The van der Waals surface area contributed by atoms with Crippen LogP contribution in [0.2, 0.25) is 0 Å². The Morgan fingerprint density at radius 3 is 2.83 bits per heavy atom. The molecule has 100 valence electrons. The number of nitrogens with zero attached hydrogens (tertiary/aromatic N) is 1. The minimum Gasteiger partial charge on any atom is -0.341 e. The van der Waals surface area contributed by atoms with Crippen LogP contribution in [0.25, 0.3) is 0 Å². The van der Waals surface area contributed by atoms with Crippen LogP contribution in [0.4, 0.5) is 4.39 Å². The topological polar surface area (TPSA) is 46.3 Å². The molecule has 1 aromatic carbocycles. The fourth-order valence-electron chi connectivity index (χ4n) is 1.95. The second kappa shape index (κ2) is 6.50. The van der Waals surface area contributed by atoms with Crippen molar-refractivity contribution in [2.45, 2.75) is 18.9 Å². The number of nitrogens with two attached hydrogens (primary N) is 1. The molecule has 0 bridgehead atoms. The fraction of sp³-hybridized carbons (Fsp3) is 0.417. The zero-order valence-electron chi connectivity index (χ0n) is 9.73. The van der Waals surface area contributed by atoms with Gasteiger partial charge in [0.25, 0.3) is 0 Å². The van der Waals surface area contributed by atoms with Crippen LogP contribution in [0.3, 0.4) is 0 Å². The second-order valence-electron chi connectivity index (χ2n) is 4.31. The van der Waals surface area contributed by atoms with E-state index in [0.717, 1.165) is 6.42 Å². The van der Waals surface area contributed by atoms with Gasteiger partial charge < -0.3 is 10.6 Å². The zero-order chi connectivity index (χ0) is 12.4. The average Bonchev–Trinajstić information content (AvgIpc) is 2.70. The number of carbonyl (C=O) groups excluding carboxylic acids is 1. The lowest BCUT2D eigenvalue weighted by molar-refractivity contribution is -0.129. The van der Waals surface area contributed by atoms with Crippen molar-refractivity contribution >= 4 is 34.2 Å². The molecule has 1 aliphatic rings. The minimum atomic E-state index is -0.339. The number of hydrogen-bond donors (Lipinski definition) is 1. The van der Waals surface area contributed by atoms with Gasteiger partial charge in [-0.15, -0.1) is 12.4 Å². The predicted octanol–water partition coefficient (Wildman–Crippen LogP) is 2.11. The molecule has 0 aliphatic carbocycles. The first-order valence-corrected chi connectivity index (χ1v) is 6.33. The molecule has 1 atom stereocenters. The van der Waals surface area contributed by atoms with Crippen LogP contribution >= 0.6 is 28.3 Å². The molecule has 2 rings (SSSR count). The van der Waals surface area contributed by atoms with E-state index >= 15 is 0 Å². The maximum Gasteiger partial charge on any atom is 0.227 e. The monoisotopic (exact) mass is 336 g/mol. The third-order valence-electron chi connectivity index (χ3n) is 2.92. The molecule has 18 heavy (non-hydrogen) atoms. The summed E-state index contributed by atoms with van der Waals surface area (Å²) >= 11 is 3.08. The van der Waals surface area contributed by atoms with Crippen LogP contribution in [0, 0.1) is 5.82 Å². The summed E-state index contributed by atoms with van der Waals surface area (Å²) in [6, 6.07) is 4.84. The molecule has 1 fully saturated rings. The van der Waals surface area contributed by atoms with E-state index in [-0.39, 0.29) is 36.6 Å². The number of hydrogen-bond acceptors (Lipinski definition) is 2. The van der Waals surface area contributed by atoms with Crippen LogP contribution in [0.5, 0.6) is 0 Å². The highest BCUT2D eigenvalue weighted by Crippen LogP contribution is 2.17. The third-order valence-corrected chi connectivity index (χ3v) is 3.56. The van der Waals surface area contributed by atoms with Gasteiger partial charge in [-0.1, -0.05) is 6.07 Å². The Balaban J connectivity index is 0.00000162. The highest BCUT2D eigenvalue weighted by Gasteiger charge is 2.23. The molecule has 0 unspecified atom stereocenters. The van der Waals surface area contributed by atoms with Gasteiger partial charge in [0.2, 0.25) is 5.91 Å². The number of amides is 1. The van der Waals surface area contributed by atoms with E-state index in [4.69, 9.17) is 5.73 Å². The van der Waals surface area contributed by atoms with Gasteiger partial charge in [0.05, 0.1) is 10.9 Å². The van der Waals surface area contributed by atoms with E-state index in [1.165, 1.54) is 6.07 Å². The van der Waals surface area contributed by atoms with Crippen LogP contribution in [0.1, 0.15) is 12.0 Å². The largest absolute Gasteiger partial charge is 0.341 e. The Labute approximate surface area is 120 Å². The van der Waals surface area contributed by atoms with Crippen molar-refractivity contribution in [2.24, 2.45) is 5.73 Å². The van der Waals surface area contributed by atoms with Crippen LogP contribution in [-0.2, 0) is 11.2 Å². The van der Waals surface area contributed by atoms with Gasteiger partial charge in [0.15, 0.2) is 0 Å². The third kappa shape index (κ3) is 3.67. The summed E-state index contributed by atoms with van der Waals surface area (Å²) in [7, 11) is 0. The summed E-state index contributed by atoms with van der Waals surface area (Å²) in [5.41, 5.74) is 6.43. The SMILES string of the molecule is Cl.N[C@H]1CCN(C(=O)Cc2ccc(Br)c(F)c2)C1. The summed E-state index contributed by atoms with van der Waals surface area (Å²) in [4.78, 5) is 13.6. The van der Waals surface area contributed by atoms with Crippen molar-refractivity contribution < 1.29 is 9.18 Å². The summed E-state index contributed by atoms with van der Waals surface area (Å²) < 4.78 is 13.7. The highest BCUT2D eigenvalue weighted by atomic mass is 79.9. The number of halogens is 3. The molecule has 1 saturated heterocycles. The van der Waals surface area contributed by atoms with Gasteiger partial charge in [0.1, 0.15) is 5.82 Å². The Kier molecular flexibility index (Phi) is 5.56. The van der Waals surface area contributed by atoms with E-state index in [2.05, 4.69) is 15.9 Å². The number of likely N-dealkylation sites (tertiary alicyclic amines) is 1. The first-order valence-electron chi connectivity index (χ1n) is 5.53. The van der Waals surface area contributed by atoms with Crippen molar-refractivity contribution in [2.75, 3.05) is 13.1 Å². The standard InChI is InChI=1S/C12H14BrFN2O.ClH/c13-10-2-1-8(5-11(10)14)6-12(17)16-4-3-9(15)7-16;/h1-2,5,9H,3-4,6-7,15H2;1H/t9-;/m0./s1. The van der Waals surface area contributed by atoms with Gasteiger partial charge in [-0.25, -0.2) is 4.39 Å². The Morgan fingerprint density at radius 2 is 2.28 bits per heavy atom. The summed E-state index contributed by atoms with van der Waals surface area (Å²) in [5, 5.41) is 0. The zero-order valence-corrected chi connectivity index (χ0v) is 12.1. The van der Waals surface area contributed by atoms with Gasteiger partial charge in [-0.05, 0) is 40.0 Å². The molecule has 1 heterocycles. The van der Waals surface area contributed by atoms with E-state index in [0.29, 0.717) is 23.1 Å². The van der Waals surface area contributed by atoms with Crippen molar-refractivity contribution in [1.82, 2.24) is 4.90 Å². The number of benzene rings is 1. The molecule has 0 spiro atoms. The second-order valence-corrected chi connectivity index (χ2v) is 5.17. The predicted molar refractivity (Wildman–Crippen MR) is 74.2 cm³/mol. The molecule has 1 aromatic rings. The molecule has 1 amide bonds. The molecular weight excluding hydrogens is 322 g/mol. The van der Waals surface area contributed by atoms with E-state index in [9.17, 15) is 9.18 Å². The fourth-order valence-corrected chi connectivity index (χ4v) is 2.20. The van der Waals surface area contributed by atoms with E-state index < -0.39 is 0 Å². The number of rotatable bonds is 2. The van der Waals surface area contributed by atoms with Gasteiger partial charge in [-0.3, -0.25) is 4.79 Å². The molecule has 3 nitrogen and oxygen atoms in total. The van der Waals surface area contributed by atoms with Crippen LogP contribution in [0.15, 0.2) is 22.7 Å². The maximum atomic E-state index is 13.3. The summed E-state index contributed by atoms with van der Waals surface area (Å²) in [6.07, 6.45) is 1.08. The molecule has 0 saturated carbocycles. The molecule has 0 aromatic heterocycles. The van der Waals surface area contributed by atoms with Crippen LogP contribution < -0.4 is 5.73 Å². The Hall–Kier alpha value is -0.650. The van der Waals surface area contributed by atoms with E-state index in [1.54, 1.807) is 17.0 Å². The van der Waals surface area contributed by atoms with Crippen LogP contribution in [-0.4, -0.2) is 29.9 Å². The quantitative estimate of drug-likeness (QED) is 0.898. The first kappa shape index (κ1) is 15.4. The maximum absolute atomic E-state index is 13.3. The average molecular weight is 338 g/mol. The Bertz CT molecular complexity index is 444.